The monoisotopic (exact) mass is 507 g/mol. The van der Waals surface area contributed by atoms with Crippen molar-refractivity contribution in [3.8, 4) is 0 Å². The van der Waals surface area contributed by atoms with E-state index in [-0.39, 0.29) is 104 Å². The molecule has 0 heterocycles. The van der Waals surface area contributed by atoms with Crippen LogP contribution in [0.25, 0.3) is 0 Å². The average molecular weight is 507 g/mol. The number of hydrogen-bond acceptors (Lipinski definition) is 0. The summed E-state index contributed by atoms with van der Waals surface area (Å²) in [4.78, 5) is 0. The fourth-order valence-corrected chi connectivity index (χ4v) is 2.20. The second-order valence-corrected chi connectivity index (χ2v) is 4.37. The summed E-state index contributed by atoms with van der Waals surface area (Å²) in [6.45, 7) is 0. The smallest absolute Gasteiger partial charge is 0 e. The quantitative estimate of drug-likeness (QED) is 0.554. The first-order valence-corrected chi connectivity index (χ1v) is 6.40. The fraction of sp³-hybridized carbons (Fsp3) is 0.158. The Morgan fingerprint density at radius 2 is 1.27 bits per heavy atom. The minimum atomic E-state index is 0. The zero-order valence-corrected chi connectivity index (χ0v) is 20.8. The van der Waals surface area contributed by atoms with Crippen molar-refractivity contribution in [2.24, 2.45) is 0 Å². The van der Waals surface area contributed by atoms with Gasteiger partial charge in [-0.1, -0.05) is 6.42 Å². The van der Waals surface area contributed by atoms with Gasteiger partial charge < -0.3 is 42.0 Å². The van der Waals surface area contributed by atoms with Gasteiger partial charge in [-0.25, -0.2) is 0 Å². The van der Waals surface area contributed by atoms with Crippen LogP contribution in [0.5, 0.6) is 0 Å². The van der Waals surface area contributed by atoms with E-state index >= 15 is 0 Å². The van der Waals surface area contributed by atoms with Crippen molar-refractivity contribution in [2.75, 3.05) is 0 Å². The van der Waals surface area contributed by atoms with Crippen molar-refractivity contribution in [1.29, 1.82) is 0 Å². The molecule has 0 saturated carbocycles. The van der Waals surface area contributed by atoms with Crippen LogP contribution in [0.2, 0.25) is 0 Å². The van der Waals surface area contributed by atoms with E-state index in [0.29, 0.717) is 0 Å². The van der Waals surface area contributed by atoms with Crippen molar-refractivity contribution in [1.82, 2.24) is 0 Å². The van der Waals surface area contributed by atoms with Gasteiger partial charge in [-0.05, 0) is 0 Å². The SMILES string of the molecule is [C-]1=CCC[C-]=C1C(c1[c-]ccc[c-]1)c1[c-]ccc[c-]1.[Y].[Y].[Y]. The second kappa shape index (κ2) is 12.6. The van der Waals surface area contributed by atoms with Gasteiger partial charge in [0, 0.05) is 98.1 Å². The van der Waals surface area contributed by atoms with E-state index in [2.05, 4.69) is 42.5 Å². The molecular weight excluding hydrogens is 495 g/mol. The van der Waals surface area contributed by atoms with Gasteiger partial charge in [0.1, 0.15) is 0 Å². The standard InChI is InChI=1S/C19H12.3Y/c1-4-10-16(11-5-1)19(17-12-6-2-7-13-17)18-14-8-3-9-15-18;;;/h1-2,4-8,19H,3,9H2;;;/q-6;;;. The summed E-state index contributed by atoms with van der Waals surface area (Å²) in [5.74, 6) is 0.0268. The van der Waals surface area contributed by atoms with E-state index in [1.165, 1.54) is 0 Å². The predicted molar refractivity (Wildman–Crippen MR) is 73.9 cm³/mol. The molecule has 0 aromatic heterocycles. The molecule has 0 fully saturated rings. The Balaban J connectivity index is 0.00000147. The van der Waals surface area contributed by atoms with Crippen LogP contribution < -0.4 is 0 Å². The first-order valence-electron chi connectivity index (χ1n) is 6.40. The third-order valence-corrected chi connectivity index (χ3v) is 3.07. The Labute approximate surface area is 209 Å². The molecular formula is C19H12Y3-6. The van der Waals surface area contributed by atoms with Gasteiger partial charge in [0.2, 0.25) is 0 Å². The first kappa shape index (κ1) is 23.2. The van der Waals surface area contributed by atoms with E-state index in [1.807, 2.05) is 36.4 Å². The van der Waals surface area contributed by atoms with Gasteiger partial charge in [0.15, 0.2) is 0 Å². The van der Waals surface area contributed by atoms with Crippen molar-refractivity contribution in [2.45, 2.75) is 18.8 Å². The molecule has 0 amide bonds. The third kappa shape index (κ3) is 6.27. The van der Waals surface area contributed by atoms with Gasteiger partial charge in [0.05, 0.1) is 0 Å². The Morgan fingerprint density at radius 3 is 1.68 bits per heavy atom. The average Bonchev–Trinajstić information content (AvgIpc) is 2.51. The van der Waals surface area contributed by atoms with E-state index < -0.39 is 0 Å². The van der Waals surface area contributed by atoms with Crippen molar-refractivity contribution < 1.29 is 98.1 Å². The molecule has 2 aromatic rings. The van der Waals surface area contributed by atoms with Crippen LogP contribution in [-0.4, -0.2) is 0 Å². The summed E-state index contributed by atoms with van der Waals surface area (Å²) in [5.41, 5.74) is 3.03. The van der Waals surface area contributed by atoms with Crippen LogP contribution in [-0.2, 0) is 98.1 Å². The largest absolute Gasteiger partial charge is 0.529 e. The van der Waals surface area contributed by atoms with E-state index in [1.54, 1.807) is 0 Å². The molecule has 0 bridgehead atoms. The molecule has 0 atom stereocenters. The summed E-state index contributed by atoms with van der Waals surface area (Å²) in [6, 6.07) is 24.5. The van der Waals surface area contributed by atoms with Gasteiger partial charge in [-0.3, -0.25) is 53.6 Å². The molecule has 2 aromatic carbocycles. The fourth-order valence-electron chi connectivity index (χ4n) is 2.20. The maximum atomic E-state index is 3.41. The first-order chi connectivity index (χ1) is 9.45. The van der Waals surface area contributed by atoms with Gasteiger partial charge in [0.25, 0.3) is 0 Å². The summed E-state index contributed by atoms with van der Waals surface area (Å²) >= 11 is 0. The molecule has 3 rings (SSSR count). The van der Waals surface area contributed by atoms with E-state index in [0.717, 1.165) is 29.5 Å². The van der Waals surface area contributed by atoms with Crippen molar-refractivity contribution in [3.63, 3.8) is 0 Å². The molecule has 0 unspecified atom stereocenters. The molecule has 0 spiro atoms. The molecule has 0 nitrogen and oxygen atoms in total. The maximum absolute atomic E-state index is 3.41. The van der Waals surface area contributed by atoms with E-state index in [9.17, 15) is 0 Å². The van der Waals surface area contributed by atoms with Gasteiger partial charge in [-0.15, -0.1) is 5.92 Å². The number of hydrogen-bond donors (Lipinski definition) is 0. The normalized spacial score (nSPS) is 12.5. The summed E-state index contributed by atoms with van der Waals surface area (Å²) in [7, 11) is 0. The Morgan fingerprint density at radius 1 is 0.773 bits per heavy atom. The molecule has 1 aliphatic rings. The van der Waals surface area contributed by atoms with Crippen molar-refractivity contribution >= 4 is 0 Å². The van der Waals surface area contributed by atoms with E-state index in [4.69, 9.17) is 0 Å². The molecule has 0 N–H and O–H groups in total. The maximum Gasteiger partial charge on any atom is 0 e. The Hall–Kier alpha value is 1.23. The summed E-state index contributed by atoms with van der Waals surface area (Å²) in [6.07, 6.45) is 10.8. The summed E-state index contributed by atoms with van der Waals surface area (Å²) in [5, 5.41) is 0. The molecule has 3 heteroatoms. The summed E-state index contributed by atoms with van der Waals surface area (Å²) < 4.78 is 0. The second-order valence-electron chi connectivity index (χ2n) is 4.37. The van der Waals surface area contributed by atoms with Crippen LogP contribution in [0.15, 0.2) is 48.0 Å². The zero-order chi connectivity index (χ0) is 12.9. The topological polar surface area (TPSA) is 0 Å². The molecule has 22 heavy (non-hydrogen) atoms. The minimum absolute atomic E-state index is 0. The predicted octanol–water partition coefficient (Wildman–Crippen LogP) is 3.89. The number of benzene rings is 2. The Kier molecular flexibility index (Phi) is 13.3. The molecule has 0 saturated heterocycles. The molecule has 103 valence electrons. The Bertz CT molecular complexity index is 549. The van der Waals surface area contributed by atoms with Crippen LogP contribution in [0, 0.1) is 36.4 Å². The number of allylic oxidation sites excluding steroid dienone is 4. The molecule has 3 radical (unpaired) electrons. The van der Waals surface area contributed by atoms with Gasteiger partial charge in [-0.2, -0.15) is 6.42 Å². The number of rotatable bonds is 3. The third-order valence-electron chi connectivity index (χ3n) is 3.07. The van der Waals surface area contributed by atoms with Gasteiger partial charge >= 0.3 is 0 Å². The van der Waals surface area contributed by atoms with Crippen molar-refractivity contribution in [3.05, 3.63) is 95.6 Å². The minimum Gasteiger partial charge on any atom is -0.529 e. The van der Waals surface area contributed by atoms with Crippen LogP contribution >= 0.6 is 0 Å². The molecule has 0 aliphatic heterocycles. The zero-order valence-electron chi connectivity index (χ0n) is 12.3. The molecule has 1 aliphatic carbocycles. The van der Waals surface area contributed by atoms with Crippen LogP contribution in [0.1, 0.15) is 29.9 Å². The van der Waals surface area contributed by atoms with Crippen LogP contribution in [0.4, 0.5) is 0 Å². The van der Waals surface area contributed by atoms with Crippen LogP contribution in [0.3, 0.4) is 0 Å².